The predicted octanol–water partition coefficient (Wildman–Crippen LogP) is 1.19. The van der Waals surface area contributed by atoms with Gasteiger partial charge in [-0.25, -0.2) is 8.42 Å². The minimum absolute atomic E-state index is 0.0271. The Morgan fingerprint density at radius 2 is 1.76 bits per heavy atom. The van der Waals surface area contributed by atoms with Gasteiger partial charge >= 0.3 is 0 Å². The van der Waals surface area contributed by atoms with E-state index >= 15 is 0 Å². The lowest BCUT2D eigenvalue weighted by Gasteiger charge is -2.42. The highest BCUT2D eigenvalue weighted by Crippen LogP contribution is 2.27. The molecule has 0 aromatic heterocycles. The summed E-state index contributed by atoms with van der Waals surface area (Å²) in [6.07, 6.45) is 2.46. The van der Waals surface area contributed by atoms with Gasteiger partial charge in [0.2, 0.25) is 15.9 Å². The van der Waals surface area contributed by atoms with Gasteiger partial charge in [0.1, 0.15) is 12.4 Å². The number of methoxy groups -OCH3 is 1. The van der Waals surface area contributed by atoms with Gasteiger partial charge in [-0.05, 0) is 63.5 Å². The van der Waals surface area contributed by atoms with Gasteiger partial charge in [0.25, 0.3) is 0 Å². The minimum atomic E-state index is -3.67. The molecular weight excluding hydrogens is 456 g/mol. The summed E-state index contributed by atoms with van der Waals surface area (Å²) < 4.78 is 38.2. The topological polar surface area (TPSA) is 82.6 Å². The Balaban J connectivity index is 1.42. The maximum Gasteiger partial charge on any atom is 0.248 e. The number of benzene rings is 1. The zero-order valence-corrected chi connectivity index (χ0v) is 22.1. The normalized spacial score (nSPS) is 20.6. The minimum Gasteiger partial charge on any atom is -0.497 e. The second kappa shape index (κ2) is 11.8. The molecule has 0 aliphatic carbocycles. The molecule has 1 atom stereocenters. The fraction of sp³-hybridized carbons (Fsp3) is 0.708. The predicted molar refractivity (Wildman–Crippen MR) is 132 cm³/mol. The van der Waals surface area contributed by atoms with Crippen LogP contribution in [0.25, 0.3) is 0 Å². The highest BCUT2D eigenvalue weighted by molar-refractivity contribution is 7.89. The third-order valence-corrected chi connectivity index (χ3v) is 9.06. The van der Waals surface area contributed by atoms with Crippen molar-refractivity contribution in [3.63, 3.8) is 0 Å². The van der Waals surface area contributed by atoms with Crippen molar-refractivity contribution in [2.75, 3.05) is 80.2 Å². The third kappa shape index (κ3) is 6.48. The van der Waals surface area contributed by atoms with Gasteiger partial charge in [-0.2, -0.15) is 4.31 Å². The van der Waals surface area contributed by atoms with Crippen molar-refractivity contribution in [1.29, 1.82) is 0 Å². The smallest absolute Gasteiger partial charge is 0.248 e. The Morgan fingerprint density at radius 3 is 2.35 bits per heavy atom. The van der Waals surface area contributed by atoms with Crippen LogP contribution in [0.5, 0.6) is 5.75 Å². The number of hydrogen-bond acceptors (Lipinski definition) is 7. The van der Waals surface area contributed by atoms with E-state index in [0.29, 0.717) is 36.0 Å². The molecule has 3 rings (SSSR count). The van der Waals surface area contributed by atoms with Gasteiger partial charge in [-0.1, -0.05) is 0 Å². The average molecular weight is 497 g/mol. The van der Waals surface area contributed by atoms with Crippen molar-refractivity contribution in [1.82, 2.24) is 19.0 Å². The van der Waals surface area contributed by atoms with E-state index in [-0.39, 0.29) is 30.6 Å². The fourth-order valence-electron chi connectivity index (χ4n) is 4.93. The zero-order chi connectivity index (χ0) is 24.9. The molecule has 2 fully saturated rings. The highest BCUT2D eigenvalue weighted by atomic mass is 32.2. The molecule has 0 radical (unpaired) electrons. The van der Waals surface area contributed by atoms with Crippen molar-refractivity contribution < 1.29 is 22.7 Å². The van der Waals surface area contributed by atoms with Crippen LogP contribution >= 0.6 is 0 Å². The van der Waals surface area contributed by atoms with Crippen molar-refractivity contribution >= 4 is 15.9 Å². The van der Waals surface area contributed by atoms with E-state index < -0.39 is 10.0 Å². The molecule has 1 aromatic carbocycles. The van der Waals surface area contributed by atoms with Crippen LogP contribution in [0.4, 0.5) is 0 Å². The number of amides is 1. The first-order valence-electron chi connectivity index (χ1n) is 12.0. The van der Waals surface area contributed by atoms with Crippen molar-refractivity contribution in [2.24, 2.45) is 0 Å². The summed E-state index contributed by atoms with van der Waals surface area (Å²) in [5.74, 6) is 0.595. The van der Waals surface area contributed by atoms with Crippen molar-refractivity contribution in [2.45, 2.75) is 37.6 Å². The van der Waals surface area contributed by atoms with Crippen LogP contribution in [-0.4, -0.2) is 120 Å². The second-order valence-corrected chi connectivity index (χ2v) is 11.4. The van der Waals surface area contributed by atoms with Crippen LogP contribution in [0.15, 0.2) is 17.0 Å². The number of rotatable bonds is 9. The Bertz CT molecular complexity index is 924. The van der Waals surface area contributed by atoms with Crippen molar-refractivity contribution in [3.8, 4) is 5.75 Å². The Hall–Kier alpha value is -1.72. The molecule has 1 amide bonds. The van der Waals surface area contributed by atoms with E-state index in [1.54, 1.807) is 33.1 Å². The molecule has 2 aliphatic rings. The lowest BCUT2D eigenvalue weighted by molar-refractivity contribution is -0.138. The molecule has 0 N–H and O–H groups in total. The van der Waals surface area contributed by atoms with Crippen LogP contribution in [0.2, 0.25) is 0 Å². The highest BCUT2D eigenvalue weighted by Gasteiger charge is 2.29. The number of likely N-dealkylation sites (N-methyl/N-ethyl adjacent to an activating group) is 2. The lowest BCUT2D eigenvalue weighted by Crippen LogP contribution is -2.56. The molecule has 10 heteroatoms. The van der Waals surface area contributed by atoms with Crippen LogP contribution in [0.3, 0.4) is 0 Å². The summed E-state index contributed by atoms with van der Waals surface area (Å²) in [6.45, 7) is 9.31. The van der Waals surface area contributed by atoms with E-state index in [9.17, 15) is 13.2 Å². The molecule has 9 nitrogen and oxygen atoms in total. The van der Waals surface area contributed by atoms with Gasteiger partial charge in [0.05, 0.1) is 18.6 Å². The largest absolute Gasteiger partial charge is 0.497 e. The Kier molecular flexibility index (Phi) is 9.34. The molecular formula is C24H40N4O5S. The van der Waals surface area contributed by atoms with Gasteiger partial charge in [-0.3, -0.25) is 9.69 Å². The number of piperazine rings is 1. The van der Waals surface area contributed by atoms with Crippen molar-refractivity contribution in [3.05, 3.63) is 23.3 Å². The molecule has 1 aromatic rings. The molecule has 192 valence electrons. The maximum atomic E-state index is 13.1. The molecule has 2 heterocycles. The van der Waals surface area contributed by atoms with Gasteiger partial charge in [0, 0.05) is 52.4 Å². The number of carbonyl (C=O) groups is 1. The monoisotopic (exact) mass is 496 g/mol. The third-order valence-electron chi connectivity index (χ3n) is 6.90. The molecule has 0 bridgehead atoms. The molecule has 1 unspecified atom stereocenters. The number of ether oxygens (including phenoxy) is 2. The number of hydrogen-bond donors (Lipinski definition) is 0. The van der Waals surface area contributed by atoms with Crippen LogP contribution in [0, 0.1) is 13.8 Å². The first kappa shape index (κ1) is 26.9. The number of sulfonamides is 1. The molecule has 2 saturated heterocycles. The molecule has 0 saturated carbocycles. The summed E-state index contributed by atoms with van der Waals surface area (Å²) in [4.78, 5) is 19.6. The van der Waals surface area contributed by atoms with Gasteiger partial charge < -0.3 is 19.3 Å². The summed E-state index contributed by atoms with van der Waals surface area (Å²) in [5, 5.41) is 0. The zero-order valence-electron chi connectivity index (χ0n) is 21.2. The van der Waals surface area contributed by atoms with E-state index in [4.69, 9.17) is 9.47 Å². The average Bonchev–Trinajstić information content (AvgIpc) is 2.80. The summed E-state index contributed by atoms with van der Waals surface area (Å²) in [5.41, 5.74) is 1.28. The first-order chi connectivity index (χ1) is 16.1. The summed E-state index contributed by atoms with van der Waals surface area (Å²) in [6, 6.07) is 4.02. The Labute approximate surface area is 204 Å². The lowest BCUT2D eigenvalue weighted by atomic mass is 10.0. The quantitative estimate of drug-likeness (QED) is 0.475. The van der Waals surface area contributed by atoms with Crippen LogP contribution in [0.1, 0.15) is 24.0 Å². The number of likely N-dealkylation sites (tertiary alicyclic amines) is 1. The number of nitrogens with zero attached hydrogens (tertiary/aromatic N) is 4. The summed E-state index contributed by atoms with van der Waals surface area (Å²) in [7, 11) is 1.59. The number of piperidine rings is 1. The SMILES string of the molecule is COc1cc(C)c(S(=O)(=O)N(C)CCOCC(=O)N2CCN(C3CCCN(C)C3)CC2)c(C)c1. The second-order valence-electron chi connectivity index (χ2n) is 9.44. The molecule has 0 spiro atoms. The van der Waals surface area contributed by atoms with Gasteiger partial charge in [0.15, 0.2) is 0 Å². The number of aryl methyl sites for hydroxylation is 2. The van der Waals surface area contributed by atoms with E-state index in [1.807, 2.05) is 4.90 Å². The first-order valence-corrected chi connectivity index (χ1v) is 13.5. The van der Waals surface area contributed by atoms with Crippen LogP contribution < -0.4 is 4.74 Å². The molecule has 34 heavy (non-hydrogen) atoms. The standard InChI is InChI=1S/C24H40N4O5S/c1-19-15-22(32-5)16-20(2)24(19)34(30,31)26(4)13-14-33-18-23(29)28-11-9-27(10-12-28)21-7-6-8-25(3)17-21/h15-16,21H,6-14,17-18H2,1-5H3. The maximum absolute atomic E-state index is 13.1. The van der Waals surface area contributed by atoms with E-state index in [2.05, 4.69) is 16.8 Å². The Morgan fingerprint density at radius 1 is 1.12 bits per heavy atom. The van der Waals surface area contributed by atoms with E-state index in [1.165, 1.54) is 30.7 Å². The fourth-order valence-corrected chi connectivity index (χ4v) is 6.49. The number of carbonyl (C=O) groups excluding carboxylic acids is 1. The molecule has 2 aliphatic heterocycles. The summed E-state index contributed by atoms with van der Waals surface area (Å²) >= 11 is 0. The van der Waals surface area contributed by atoms with E-state index in [0.717, 1.165) is 19.6 Å². The van der Waals surface area contributed by atoms with Crippen LogP contribution in [-0.2, 0) is 19.6 Å². The van der Waals surface area contributed by atoms with Gasteiger partial charge in [-0.15, -0.1) is 0 Å².